The van der Waals surface area contributed by atoms with E-state index in [1.807, 2.05) is 20.0 Å². The topological polar surface area (TPSA) is 90.7 Å². The van der Waals surface area contributed by atoms with Crippen LogP contribution in [0.4, 0.5) is 4.79 Å². The fourth-order valence-electron chi connectivity index (χ4n) is 2.56. The van der Waals surface area contributed by atoms with Crippen LogP contribution >= 0.6 is 0 Å². The molecule has 0 aliphatic carbocycles. The fraction of sp³-hybridized carbons (Fsp3) is 0.800. The van der Waals surface area contributed by atoms with E-state index in [0.717, 1.165) is 0 Å². The molecule has 2 heterocycles. The van der Waals surface area contributed by atoms with Crippen LogP contribution in [0.25, 0.3) is 0 Å². The molecule has 0 unspecified atom stereocenters. The Morgan fingerprint density at radius 3 is 2.92 bits per heavy atom. The number of carbonyl (C=O) groups is 1. The van der Waals surface area contributed by atoms with E-state index in [1.54, 1.807) is 30.8 Å². The van der Waals surface area contributed by atoms with Gasteiger partial charge in [0, 0.05) is 21.3 Å². The van der Waals surface area contributed by atoms with Crippen LogP contribution in [0.15, 0.2) is 6.20 Å². The van der Waals surface area contributed by atoms with Crippen LogP contribution in [0.5, 0.6) is 0 Å². The molecular formula is C15H27N5O4. The summed E-state index contributed by atoms with van der Waals surface area (Å²) in [6, 6.07) is -0.175. The zero-order valence-corrected chi connectivity index (χ0v) is 15.0. The number of nitrogens with one attached hydrogen (secondary N) is 1. The van der Waals surface area contributed by atoms with Crippen molar-refractivity contribution in [2.75, 3.05) is 41.0 Å². The highest BCUT2D eigenvalue weighted by atomic mass is 16.5. The summed E-state index contributed by atoms with van der Waals surface area (Å²) in [5, 5.41) is 11.0. The number of urea groups is 1. The molecule has 2 amide bonds. The van der Waals surface area contributed by atoms with E-state index in [4.69, 9.17) is 14.2 Å². The predicted molar refractivity (Wildman–Crippen MR) is 86.6 cm³/mol. The van der Waals surface area contributed by atoms with Gasteiger partial charge in [-0.3, -0.25) is 0 Å². The van der Waals surface area contributed by atoms with E-state index in [9.17, 15) is 4.79 Å². The van der Waals surface area contributed by atoms with E-state index < -0.39 is 5.60 Å². The molecule has 2 rings (SSSR count). The number of hydrogen-bond acceptors (Lipinski definition) is 6. The number of aromatic nitrogens is 3. The highest BCUT2D eigenvalue weighted by Gasteiger charge is 2.30. The zero-order chi connectivity index (χ0) is 17.7. The van der Waals surface area contributed by atoms with E-state index in [2.05, 4.69) is 15.6 Å². The van der Waals surface area contributed by atoms with Crippen molar-refractivity contribution in [3.05, 3.63) is 11.9 Å². The Morgan fingerprint density at radius 2 is 2.25 bits per heavy atom. The summed E-state index contributed by atoms with van der Waals surface area (Å²) in [6.07, 6.45) is 1.78. The number of amides is 2. The summed E-state index contributed by atoms with van der Waals surface area (Å²) in [6.45, 7) is 5.74. The van der Waals surface area contributed by atoms with Crippen LogP contribution in [0.2, 0.25) is 0 Å². The molecule has 1 N–H and O–H groups in total. The summed E-state index contributed by atoms with van der Waals surface area (Å²) in [5.74, 6) is 0. The first-order chi connectivity index (χ1) is 11.4. The molecule has 1 saturated heterocycles. The van der Waals surface area contributed by atoms with E-state index in [0.29, 0.717) is 32.0 Å². The standard InChI is InChI=1S/C15H27N5O4/c1-15(2,23-5)10-19(3)14(21)16-6-11-7-20(18-17-11)12-8-24-9-13(12)22-4/h7,12-13H,6,8-10H2,1-5H3,(H,16,21)/t12-,13-/m1/s1. The molecule has 0 radical (unpaired) electrons. The lowest BCUT2D eigenvalue weighted by Gasteiger charge is -2.29. The largest absolute Gasteiger partial charge is 0.377 e. The molecule has 1 aliphatic heterocycles. The van der Waals surface area contributed by atoms with Gasteiger partial charge in [0.25, 0.3) is 0 Å². The molecule has 1 fully saturated rings. The van der Waals surface area contributed by atoms with Gasteiger partial charge >= 0.3 is 6.03 Å². The Balaban J connectivity index is 1.85. The number of carbonyl (C=O) groups excluding carboxylic acids is 1. The minimum absolute atomic E-state index is 0.0112. The highest BCUT2D eigenvalue weighted by molar-refractivity contribution is 5.73. The monoisotopic (exact) mass is 341 g/mol. The highest BCUT2D eigenvalue weighted by Crippen LogP contribution is 2.21. The number of likely N-dealkylation sites (N-methyl/N-ethyl adjacent to an activating group) is 1. The van der Waals surface area contributed by atoms with Crippen LogP contribution in [0.3, 0.4) is 0 Å². The number of methoxy groups -OCH3 is 2. The molecule has 0 bridgehead atoms. The Morgan fingerprint density at radius 1 is 1.50 bits per heavy atom. The van der Waals surface area contributed by atoms with Gasteiger partial charge < -0.3 is 24.4 Å². The van der Waals surface area contributed by atoms with E-state index >= 15 is 0 Å². The van der Waals surface area contributed by atoms with Gasteiger partial charge in [0.15, 0.2) is 0 Å². The second-order valence-electron chi connectivity index (χ2n) is 6.55. The van der Waals surface area contributed by atoms with Gasteiger partial charge in [0.05, 0.1) is 38.1 Å². The van der Waals surface area contributed by atoms with Gasteiger partial charge in [-0.1, -0.05) is 5.21 Å². The van der Waals surface area contributed by atoms with Crippen molar-refractivity contribution < 1.29 is 19.0 Å². The molecule has 1 aromatic rings. The summed E-state index contributed by atoms with van der Waals surface area (Å²) < 4.78 is 17.8. The third-order valence-corrected chi connectivity index (χ3v) is 4.14. The van der Waals surface area contributed by atoms with Gasteiger partial charge in [-0.15, -0.1) is 5.10 Å². The lowest BCUT2D eigenvalue weighted by atomic mass is 10.1. The second-order valence-corrected chi connectivity index (χ2v) is 6.55. The summed E-state index contributed by atoms with van der Waals surface area (Å²) in [5.41, 5.74) is 0.289. The molecule has 24 heavy (non-hydrogen) atoms. The van der Waals surface area contributed by atoms with E-state index in [-0.39, 0.29) is 18.2 Å². The average Bonchev–Trinajstić information content (AvgIpc) is 3.20. The SMILES string of the molecule is CO[C@@H]1COC[C@H]1n1cc(CNC(=O)N(C)CC(C)(C)OC)nn1. The van der Waals surface area contributed by atoms with Gasteiger partial charge in [-0.05, 0) is 13.8 Å². The quantitative estimate of drug-likeness (QED) is 0.773. The van der Waals surface area contributed by atoms with Crippen LogP contribution in [-0.2, 0) is 20.8 Å². The van der Waals surface area contributed by atoms with Gasteiger partial charge in [0.1, 0.15) is 17.8 Å². The number of rotatable bonds is 7. The Bertz CT molecular complexity index is 548. The first-order valence-electron chi connectivity index (χ1n) is 7.91. The number of nitrogens with zero attached hydrogens (tertiary/aromatic N) is 4. The number of hydrogen-bond donors (Lipinski definition) is 1. The third-order valence-electron chi connectivity index (χ3n) is 4.14. The second kappa shape index (κ2) is 7.91. The molecular weight excluding hydrogens is 314 g/mol. The molecule has 9 heteroatoms. The first kappa shape index (κ1) is 18.6. The summed E-state index contributed by atoms with van der Waals surface area (Å²) in [7, 11) is 5.01. The summed E-state index contributed by atoms with van der Waals surface area (Å²) >= 11 is 0. The maximum absolute atomic E-state index is 12.1. The van der Waals surface area contributed by atoms with Gasteiger partial charge in [0.2, 0.25) is 0 Å². The third kappa shape index (κ3) is 4.65. The minimum atomic E-state index is -0.396. The van der Waals surface area contributed by atoms with Gasteiger partial charge in [-0.2, -0.15) is 0 Å². The van der Waals surface area contributed by atoms with Crippen LogP contribution in [0.1, 0.15) is 25.6 Å². The number of ether oxygens (including phenoxy) is 3. The molecule has 0 saturated carbocycles. The lowest BCUT2D eigenvalue weighted by molar-refractivity contribution is 0.00511. The van der Waals surface area contributed by atoms with Crippen molar-refractivity contribution in [1.82, 2.24) is 25.2 Å². The van der Waals surface area contributed by atoms with Crippen LogP contribution in [0, 0.1) is 0 Å². The van der Waals surface area contributed by atoms with Crippen molar-refractivity contribution in [1.29, 1.82) is 0 Å². The fourth-order valence-corrected chi connectivity index (χ4v) is 2.56. The average molecular weight is 341 g/mol. The van der Waals surface area contributed by atoms with Crippen LogP contribution in [-0.4, -0.2) is 78.7 Å². The van der Waals surface area contributed by atoms with Crippen molar-refractivity contribution in [2.24, 2.45) is 0 Å². The molecule has 1 aromatic heterocycles. The Labute approximate surface area is 142 Å². The van der Waals surface area contributed by atoms with E-state index in [1.165, 1.54) is 0 Å². The van der Waals surface area contributed by atoms with Crippen molar-refractivity contribution in [2.45, 2.75) is 38.1 Å². The smallest absolute Gasteiger partial charge is 0.317 e. The Kier molecular flexibility index (Phi) is 6.14. The predicted octanol–water partition coefficient (Wildman–Crippen LogP) is 0.431. The lowest BCUT2D eigenvalue weighted by Crippen LogP contribution is -2.45. The normalized spacial score (nSPS) is 21.0. The van der Waals surface area contributed by atoms with Crippen molar-refractivity contribution in [3.63, 3.8) is 0 Å². The molecule has 0 aromatic carbocycles. The van der Waals surface area contributed by atoms with Crippen molar-refractivity contribution >= 4 is 6.03 Å². The van der Waals surface area contributed by atoms with Crippen molar-refractivity contribution in [3.8, 4) is 0 Å². The summed E-state index contributed by atoms with van der Waals surface area (Å²) in [4.78, 5) is 13.7. The first-order valence-corrected chi connectivity index (χ1v) is 7.91. The molecule has 0 spiro atoms. The molecule has 1 aliphatic rings. The molecule has 9 nitrogen and oxygen atoms in total. The zero-order valence-electron chi connectivity index (χ0n) is 15.0. The molecule has 2 atom stereocenters. The molecule has 136 valence electrons. The maximum atomic E-state index is 12.1. The van der Waals surface area contributed by atoms with Crippen LogP contribution < -0.4 is 5.32 Å². The Hall–Kier alpha value is -1.71. The minimum Gasteiger partial charge on any atom is -0.377 e. The van der Waals surface area contributed by atoms with Gasteiger partial charge in [-0.25, -0.2) is 9.48 Å². The maximum Gasteiger partial charge on any atom is 0.317 e.